The first-order chi connectivity index (χ1) is 13.1. The van der Waals surface area contributed by atoms with E-state index in [1.165, 1.54) is 12.3 Å². The summed E-state index contributed by atoms with van der Waals surface area (Å²) in [5.41, 5.74) is 2.32. The second-order valence-corrected chi connectivity index (χ2v) is 6.32. The molecule has 0 aliphatic rings. The molecule has 0 aliphatic carbocycles. The van der Waals surface area contributed by atoms with Gasteiger partial charge in [0.05, 0.1) is 0 Å². The van der Waals surface area contributed by atoms with Crippen LogP contribution in [-0.2, 0) is 6.42 Å². The summed E-state index contributed by atoms with van der Waals surface area (Å²) in [6.45, 7) is 0.492. The number of anilines is 1. The molecule has 0 aliphatic heterocycles. The summed E-state index contributed by atoms with van der Waals surface area (Å²) in [6.07, 6.45) is 2.17. The van der Waals surface area contributed by atoms with E-state index in [0.29, 0.717) is 22.8 Å². The van der Waals surface area contributed by atoms with Gasteiger partial charge in [-0.25, -0.2) is 0 Å². The van der Waals surface area contributed by atoms with Crippen LogP contribution in [0.25, 0.3) is 0 Å². The van der Waals surface area contributed by atoms with Crippen molar-refractivity contribution in [1.29, 1.82) is 0 Å². The Bertz CT molecular complexity index is 928. The molecule has 27 heavy (non-hydrogen) atoms. The molecule has 3 rings (SSSR count). The first-order valence-corrected chi connectivity index (χ1v) is 8.85. The van der Waals surface area contributed by atoms with Gasteiger partial charge in [0, 0.05) is 29.0 Å². The fourth-order valence-corrected chi connectivity index (χ4v) is 2.61. The maximum Gasteiger partial charge on any atom is 0.269 e. The molecule has 2 amide bonds. The van der Waals surface area contributed by atoms with Crippen LogP contribution in [0.5, 0.6) is 0 Å². The van der Waals surface area contributed by atoms with Crippen LogP contribution in [0.1, 0.15) is 26.4 Å². The molecular formula is C21H18ClN3O2. The lowest BCUT2D eigenvalue weighted by Crippen LogP contribution is -2.27. The monoisotopic (exact) mass is 379 g/mol. The quantitative estimate of drug-likeness (QED) is 0.681. The summed E-state index contributed by atoms with van der Waals surface area (Å²) in [7, 11) is 0. The fraction of sp³-hybridized carbons (Fsp3) is 0.0952. The Morgan fingerprint density at radius 1 is 0.926 bits per heavy atom. The van der Waals surface area contributed by atoms with Crippen molar-refractivity contribution >= 4 is 29.1 Å². The van der Waals surface area contributed by atoms with Crippen molar-refractivity contribution in [3.63, 3.8) is 0 Å². The molecule has 0 fully saturated rings. The molecule has 2 aromatic carbocycles. The topological polar surface area (TPSA) is 71.1 Å². The van der Waals surface area contributed by atoms with Gasteiger partial charge in [0.25, 0.3) is 11.8 Å². The highest BCUT2D eigenvalue weighted by Crippen LogP contribution is 2.14. The first-order valence-electron chi connectivity index (χ1n) is 8.47. The van der Waals surface area contributed by atoms with E-state index in [1.807, 2.05) is 30.3 Å². The van der Waals surface area contributed by atoms with Gasteiger partial charge in [-0.1, -0.05) is 41.9 Å². The Morgan fingerprint density at radius 2 is 1.67 bits per heavy atom. The first kappa shape index (κ1) is 18.6. The van der Waals surface area contributed by atoms with E-state index in [0.717, 1.165) is 12.0 Å². The highest BCUT2D eigenvalue weighted by Gasteiger charge is 2.12. The van der Waals surface area contributed by atoms with Gasteiger partial charge < -0.3 is 10.6 Å². The van der Waals surface area contributed by atoms with Crippen LogP contribution < -0.4 is 10.6 Å². The molecule has 0 saturated carbocycles. The minimum atomic E-state index is -0.321. The number of aromatic nitrogens is 1. The molecule has 1 aromatic heterocycles. The molecule has 0 atom stereocenters. The lowest BCUT2D eigenvalue weighted by Gasteiger charge is -2.08. The summed E-state index contributed by atoms with van der Waals surface area (Å²) in [4.78, 5) is 28.7. The second kappa shape index (κ2) is 8.96. The number of benzene rings is 2. The number of carbonyl (C=O) groups excluding carboxylic acids is 2. The lowest BCUT2D eigenvalue weighted by atomic mass is 10.1. The van der Waals surface area contributed by atoms with E-state index in [9.17, 15) is 9.59 Å². The Balaban J connectivity index is 1.59. The smallest absolute Gasteiger partial charge is 0.269 e. The second-order valence-electron chi connectivity index (χ2n) is 5.88. The van der Waals surface area contributed by atoms with Crippen LogP contribution in [0.3, 0.4) is 0 Å². The number of hydrogen-bond acceptors (Lipinski definition) is 3. The number of rotatable bonds is 6. The van der Waals surface area contributed by atoms with Crippen molar-refractivity contribution in [3.8, 4) is 0 Å². The SMILES string of the molecule is O=C(Nc1ccc(Cl)cc1)c1ccnc(C(=O)NCCc2ccccc2)c1. The van der Waals surface area contributed by atoms with Crippen molar-refractivity contribution in [2.24, 2.45) is 0 Å². The lowest BCUT2D eigenvalue weighted by molar-refractivity contribution is 0.0949. The zero-order chi connectivity index (χ0) is 19.1. The molecule has 6 heteroatoms. The van der Waals surface area contributed by atoms with Crippen molar-refractivity contribution in [1.82, 2.24) is 10.3 Å². The van der Waals surface area contributed by atoms with Crippen molar-refractivity contribution < 1.29 is 9.59 Å². The van der Waals surface area contributed by atoms with Gasteiger partial charge in [0.15, 0.2) is 0 Å². The van der Waals surface area contributed by atoms with Crippen molar-refractivity contribution in [2.75, 3.05) is 11.9 Å². The van der Waals surface area contributed by atoms with E-state index < -0.39 is 0 Å². The molecular weight excluding hydrogens is 362 g/mol. The zero-order valence-corrected chi connectivity index (χ0v) is 15.2. The van der Waals surface area contributed by atoms with E-state index in [-0.39, 0.29) is 17.5 Å². The van der Waals surface area contributed by atoms with E-state index in [2.05, 4.69) is 15.6 Å². The van der Waals surface area contributed by atoms with Gasteiger partial charge in [-0.15, -0.1) is 0 Å². The van der Waals surface area contributed by atoms with Gasteiger partial charge in [-0.05, 0) is 48.4 Å². The van der Waals surface area contributed by atoms with Gasteiger partial charge in [-0.3, -0.25) is 14.6 Å². The molecule has 0 bridgehead atoms. The number of hydrogen-bond donors (Lipinski definition) is 2. The van der Waals surface area contributed by atoms with Crippen LogP contribution in [0.2, 0.25) is 5.02 Å². The van der Waals surface area contributed by atoms with E-state index in [1.54, 1.807) is 30.3 Å². The van der Waals surface area contributed by atoms with Gasteiger partial charge >= 0.3 is 0 Å². The predicted molar refractivity (Wildman–Crippen MR) is 106 cm³/mol. The number of amides is 2. The molecule has 2 N–H and O–H groups in total. The number of nitrogens with one attached hydrogen (secondary N) is 2. The van der Waals surface area contributed by atoms with Crippen LogP contribution >= 0.6 is 11.6 Å². The van der Waals surface area contributed by atoms with Crippen LogP contribution in [0.4, 0.5) is 5.69 Å². The van der Waals surface area contributed by atoms with Crippen LogP contribution in [0, 0.1) is 0 Å². The predicted octanol–water partition coefficient (Wildman–Crippen LogP) is 3.96. The standard InChI is InChI=1S/C21H18ClN3O2/c22-17-6-8-18(9-7-17)25-20(26)16-11-13-23-19(14-16)21(27)24-12-10-15-4-2-1-3-5-15/h1-9,11,13-14H,10,12H2,(H,24,27)(H,25,26). The third-order valence-corrected chi connectivity index (χ3v) is 4.15. The highest BCUT2D eigenvalue weighted by molar-refractivity contribution is 6.30. The largest absolute Gasteiger partial charge is 0.350 e. The number of carbonyl (C=O) groups is 2. The molecule has 5 nitrogen and oxygen atoms in total. The van der Waals surface area contributed by atoms with Gasteiger partial charge in [0.2, 0.25) is 0 Å². The van der Waals surface area contributed by atoms with E-state index in [4.69, 9.17) is 11.6 Å². The number of nitrogens with zero attached hydrogens (tertiary/aromatic N) is 1. The fourth-order valence-electron chi connectivity index (χ4n) is 2.49. The number of pyridine rings is 1. The molecule has 1 heterocycles. The molecule has 0 saturated heterocycles. The number of halogens is 1. The van der Waals surface area contributed by atoms with E-state index >= 15 is 0 Å². The maximum absolute atomic E-state index is 12.4. The molecule has 0 unspecified atom stereocenters. The van der Waals surface area contributed by atoms with Gasteiger partial charge in [0.1, 0.15) is 5.69 Å². The molecule has 0 radical (unpaired) electrons. The minimum absolute atomic E-state index is 0.201. The summed E-state index contributed by atoms with van der Waals surface area (Å²) in [6, 6.07) is 19.7. The molecule has 136 valence electrons. The Morgan fingerprint density at radius 3 is 2.41 bits per heavy atom. The average Bonchev–Trinajstić information content (AvgIpc) is 2.70. The summed E-state index contributed by atoms with van der Waals surface area (Å²) < 4.78 is 0. The third kappa shape index (κ3) is 5.39. The zero-order valence-electron chi connectivity index (χ0n) is 14.5. The normalized spacial score (nSPS) is 10.3. The van der Waals surface area contributed by atoms with Gasteiger partial charge in [-0.2, -0.15) is 0 Å². The Hall–Kier alpha value is -3.18. The Kier molecular flexibility index (Phi) is 6.18. The average molecular weight is 380 g/mol. The maximum atomic E-state index is 12.4. The summed E-state index contributed by atoms with van der Waals surface area (Å²) in [5.74, 6) is -0.634. The third-order valence-electron chi connectivity index (χ3n) is 3.90. The van der Waals surface area contributed by atoms with Crippen molar-refractivity contribution in [3.05, 3.63) is 94.8 Å². The Labute approximate surface area is 162 Å². The minimum Gasteiger partial charge on any atom is -0.350 e. The van der Waals surface area contributed by atoms with Crippen LogP contribution in [0.15, 0.2) is 72.9 Å². The molecule has 0 spiro atoms. The summed E-state index contributed by atoms with van der Waals surface area (Å²) >= 11 is 5.84. The van der Waals surface area contributed by atoms with Crippen LogP contribution in [-0.4, -0.2) is 23.3 Å². The highest BCUT2D eigenvalue weighted by atomic mass is 35.5. The molecule has 3 aromatic rings. The summed E-state index contributed by atoms with van der Waals surface area (Å²) in [5, 5.41) is 6.17. The van der Waals surface area contributed by atoms with Crippen molar-refractivity contribution in [2.45, 2.75) is 6.42 Å².